The van der Waals surface area contributed by atoms with E-state index in [0.29, 0.717) is 28.0 Å². The minimum absolute atomic E-state index is 0.170. The topological polar surface area (TPSA) is 46.9 Å². The first kappa shape index (κ1) is 18.5. The Morgan fingerprint density at radius 2 is 1.85 bits per heavy atom. The van der Waals surface area contributed by atoms with Gasteiger partial charge in [-0.1, -0.05) is 47.0 Å². The van der Waals surface area contributed by atoms with Crippen molar-refractivity contribution in [2.24, 2.45) is 0 Å². The molecule has 1 amide bonds. The summed E-state index contributed by atoms with van der Waals surface area (Å²) in [6, 6.07) is 13.0. The number of aryl methyl sites for hydroxylation is 3. The third-order valence-electron chi connectivity index (χ3n) is 4.18. The van der Waals surface area contributed by atoms with Gasteiger partial charge in [0, 0.05) is 27.4 Å². The monoisotopic (exact) mass is 387 g/mol. The number of carbonyl (C=O) groups is 1. The van der Waals surface area contributed by atoms with Crippen molar-refractivity contribution in [3.63, 3.8) is 0 Å². The maximum absolute atomic E-state index is 12.5. The van der Waals surface area contributed by atoms with E-state index in [4.69, 9.17) is 23.2 Å². The maximum atomic E-state index is 12.5. The molecule has 0 aliphatic carbocycles. The zero-order chi connectivity index (χ0) is 18.8. The minimum Gasteiger partial charge on any atom is -0.305 e. The van der Waals surface area contributed by atoms with Crippen molar-refractivity contribution in [2.75, 3.05) is 5.32 Å². The van der Waals surface area contributed by atoms with Crippen molar-refractivity contribution >= 4 is 34.9 Å². The summed E-state index contributed by atoms with van der Waals surface area (Å²) in [5.74, 6) is 0.342. The third kappa shape index (κ3) is 4.09. The normalized spacial score (nSPS) is 10.8. The van der Waals surface area contributed by atoms with E-state index < -0.39 is 0 Å². The molecule has 3 rings (SSSR count). The molecule has 26 heavy (non-hydrogen) atoms. The van der Waals surface area contributed by atoms with Crippen LogP contribution in [-0.4, -0.2) is 15.7 Å². The van der Waals surface area contributed by atoms with Gasteiger partial charge in [0.05, 0.1) is 6.54 Å². The molecule has 0 spiro atoms. The molecule has 4 nitrogen and oxygen atoms in total. The lowest BCUT2D eigenvalue weighted by molar-refractivity contribution is 0.102. The van der Waals surface area contributed by atoms with E-state index in [-0.39, 0.29) is 5.91 Å². The Hall–Kier alpha value is -2.30. The fourth-order valence-corrected chi connectivity index (χ4v) is 3.26. The van der Waals surface area contributed by atoms with Gasteiger partial charge in [0.2, 0.25) is 0 Å². The Bertz CT molecular complexity index is 979. The van der Waals surface area contributed by atoms with E-state index in [9.17, 15) is 4.79 Å². The van der Waals surface area contributed by atoms with Crippen LogP contribution in [0.5, 0.6) is 0 Å². The molecular formula is C20H19Cl2N3O. The molecule has 0 radical (unpaired) electrons. The Morgan fingerprint density at radius 3 is 2.54 bits per heavy atom. The van der Waals surface area contributed by atoms with E-state index in [2.05, 4.69) is 10.4 Å². The molecule has 0 saturated carbocycles. The van der Waals surface area contributed by atoms with Crippen LogP contribution >= 0.6 is 23.2 Å². The molecule has 0 aliphatic heterocycles. The molecule has 0 fully saturated rings. The summed E-state index contributed by atoms with van der Waals surface area (Å²) in [5.41, 5.74) is 4.54. The summed E-state index contributed by atoms with van der Waals surface area (Å²) in [7, 11) is 0. The SMILES string of the molecule is Cc1ccc(C(=O)Nc2cc(C)n(Cc3ccc(Cl)cc3Cl)n2)c(C)c1. The third-order valence-corrected chi connectivity index (χ3v) is 4.77. The van der Waals surface area contributed by atoms with Gasteiger partial charge in [-0.15, -0.1) is 0 Å². The second-order valence-electron chi connectivity index (χ2n) is 6.34. The van der Waals surface area contributed by atoms with E-state index >= 15 is 0 Å². The second kappa shape index (κ2) is 7.52. The Labute approximate surface area is 162 Å². The van der Waals surface area contributed by atoms with Crippen LogP contribution in [0.3, 0.4) is 0 Å². The number of amides is 1. The lowest BCUT2D eigenvalue weighted by Gasteiger charge is -2.08. The average molecular weight is 388 g/mol. The van der Waals surface area contributed by atoms with Gasteiger partial charge in [-0.25, -0.2) is 0 Å². The zero-order valence-corrected chi connectivity index (χ0v) is 16.3. The predicted molar refractivity (Wildman–Crippen MR) is 106 cm³/mol. The standard InChI is InChI=1S/C20H19Cl2N3O/c1-12-4-7-17(13(2)8-12)20(26)23-19-9-14(3)25(24-19)11-15-5-6-16(21)10-18(15)22/h4-10H,11H2,1-3H3,(H,23,24,26). The summed E-state index contributed by atoms with van der Waals surface area (Å²) in [5, 5.41) is 8.52. The fraction of sp³-hybridized carbons (Fsp3) is 0.200. The number of nitrogens with one attached hydrogen (secondary N) is 1. The maximum Gasteiger partial charge on any atom is 0.257 e. The molecule has 2 aromatic carbocycles. The van der Waals surface area contributed by atoms with Crippen molar-refractivity contribution in [3.05, 3.63) is 80.5 Å². The highest BCUT2D eigenvalue weighted by Crippen LogP contribution is 2.23. The van der Waals surface area contributed by atoms with Crippen LogP contribution < -0.4 is 5.32 Å². The van der Waals surface area contributed by atoms with Gasteiger partial charge < -0.3 is 5.32 Å². The second-order valence-corrected chi connectivity index (χ2v) is 7.18. The number of nitrogens with zero attached hydrogens (tertiary/aromatic N) is 2. The number of benzene rings is 2. The van der Waals surface area contributed by atoms with Crippen LogP contribution in [0, 0.1) is 20.8 Å². The van der Waals surface area contributed by atoms with Gasteiger partial charge in [-0.05, 0) is 50.1 Å². The number of aromatic nitrogens is 2. The first-order chi connectivity index (χ1) is 12.3. The number of hydrogen-bond acceptors (Lipinski definition) is 2. The number of halogens is 2. The molecule has 3 aromatic rings. The number of rotatable bonds is 4. The van der Waals surface area contributed by atoms with Crippen LogP contribution in [-0.2, 0) is 6.54 Å². The van der Waals surface area contributed by atoms with E-state index in [1.54, 1.807) is 16.8 Å². The summed E-state index contributed by atoms with van der Waals surface area (Å²) >= 11 is 12.2. The quantitative estimate of drug-likeness (QED) is 0.649. The molecule has 1 heterocycles. The molecule has 0 atom stereocenters. The van der Waals surface area contributed by atoms with Crippen molar-refractivity contribution < 1.29 is 4.79 Å². The van der Waals surface area contributed by atoms with E-state index in [1.165, 1.54) is 0 Å². The molecule has 0 aliphatic rings. The largest absolute Gasteiger partial charge is 0.305 e. The summed E-state index contributed by atoms with van der Waals surface area (Å²) in [4.78, 5) is 12.5. The highest BCUT2D eigenvalue weighted by atomic mass is 35.5. The van der Waals surface area contributed by atoms with Crippen LogP contribution in [0.4, 0.5) is 5.82 Å². The van der Waals surface area contributed by atoms with Gasteiger partial charge >= 0.3 is 0 Å². The molecule has 0 unspecified atom stereocenters. The molecule has 1 aromatic heterocycles. The zero-order valence-electron chi connectivity index (χ0n) is 14.8. The average Bonchev–Trinajstić information content (AvgIpc) is 2.89. The lowest BCUT2D eigenvalue weighted by atomic mass is 10.1. The van der Waals surface area contributed by atoms with Crippen molar-refractivity contribution in [2.45, 2.75) is 27.3 Å². The van der Waals surface area contributed by atoms with Crippen LogP contribution in [0.25, 0.3) is 0 Å². The van der Waals surface area contributed by atoms with Gasteiger partial charge in [0.1, 0.15) is 0 Å². The van der Waals surface area contributed by atoms with Gasteiger partial charge in [-0.3, -0.25) is 9.48 Å². The van der Waals surface area contributed by atoms with E-state index in [0.717, 1.165) is 22.4 Å². The van der Waals surface area contributed by atoms with Gasteiger partial charge in [-0.2, -0.15) is 5.10 Å². The van der Waals surface area contributed by atoms with Crippen LogP contribution in [0.15, 0.2) is 42.5 Å². The minimum atomic E-state index is -0.170. The van der Waals surface area contributed by atoms with Crippen LogP contribution in [0.2, 0.25) is 10.0 Å². The smallest absolute Gasteiger partial charge is 0.257 e. The molecule has 134 valence electrons. The molecule has 0 saturated heterocycles. The van der Waals surface area contributed by atoms with Gasteiger partial charge in [0.15, 0.2) is 5.82 Å². The number of hydrogen-bond donors (Lipinski definition) is 1. The van der Waals surface area contributed by atoms with Crippen molar-refractivity contribution in [1.82, 2.24) is 9.78 Å². The first-order valence-electron chi connectivity index (χ1n) is 8.20. The summed E-state index contributed by atoms with van der Waals surface area (Å²) < 4.78 is 1.80. The Balaban J connectivity index is 1.78. The summed E-state index contributed by atoms with van der Waals surface area (Å²) in [6.07, 6.45) is 0. The molecule has 0 bridgehead atoms. The Kier molecular flexibility index (Phi) is 5.35. The van der Waals surface area contributed by atoms with Crippen molar-refractivity contribution in [1.29, 1.82) is 0 Å². The van der Waals surface area contributed by atoms with Gasteiger partial charge in [0.25, 0.3) is 5.91 Å². The predicted octanol–water partition coefficient (Wildman–Crippen LogP) is 5.42. The number of anilines is 1. The lowest BCUT2D eigenvalue weighted by Crippen LogP contribution is -2.14. The van der Waals surface area contributed by atoms with Crippen molar-refractivity contribution in [3.8, 4) is 0 Å². The summed E-state index contributed by atoms with van der Waals surface area (Å²) in [6.45, 7) is 6.36. The Morgan fingerprint density at radius 1 is 1.08 bits per heavy atom. The highest BCUT2D eigenvalue weighted by Gasteiger charge is 2.13. The van der Waals surface area contributed by atoms with E-state index in [1.807, 2.05) is 51.1 Å². The molecule has 1 N–H and O–H groups in total. The fourth-order valence-electron chi connectivity index (χ4n) is 2.79. The number of carbonyl (C=O) groups excluding carboxylic acids is 1. The first-order valence-corrected chi connectivity index (χ1v) is 8.96. The highest BCUT2D eigenvalue weighted by molar-refractivity contribution is 6.35. The molecule has 6 heteroatoms. The molecular weight excluding hydrogens is 369 g/mol. The van der Waals surface area contributed by atoms with Crippen LogP contribution in [0.1, 0.15) is 32.7 Å².